The van der Waals surface area contributed by atoms with Gasteiger partial charge < -0.3 is 0 Å². The maximum absolute atomic E-state index is 4.74. The minimum Gasteiger partial charge on any atom is -0.280 e. The van der Waals surface area contributed by atoms with E-state index in [0.29, 0.717) is 6.54 Å². The van der Waals surface area contributed by atoms with Gasteiger partial charge in [-0.3, -0.25) is 9.98 Å². The van der Waals surface area contributed by atoms with E-state index in [-0.39, 0.29) is 0 Å². The van der Waals surface area contributed by atoms with E-state index in [9.17, 15) is 0 Å². The van der Waals surface area contributed by atoms with Crippen molar-refractivity contribution >= 4 is 12.4 Å². The maximum atomic E-state index is 4.74. The third kappa shape index (κ3) is 10.8. The van der Waals surface area contributed by atoms with Gasteiger partial charge in [0, 0.05) is 6.20 Å². The number of benzene rings is 8. The van der Waals surface area contributed by atoms with Gasteiger partial charge in [-0.1, -0.05) is 196 Å². The molecule has 0 aromatic heterocycles. The van der Waals surface area contributed by atoms with Gasteiger partial charge in [0.15, 0.2) is 0 Å². The van der Waals surface area contributed by atoms with Gasteiger partial charge in [0.2, 0.25) is 0 Å². The molecule has 0 unspecified atom stereocenters. The largest absolute Gasteiger partial charge is 0.280 e. The van der Waals surface area contributed by atoms with Gasteiger partial charge in [0.05, 0.1) is 12.3 Å². The highest BCUT2D eigenvalue weighted by Gasteiger charge is 2.20. The minimum absolute atomic E-state index is 0.660. The van der Waals surface area contributed by atoms with Crippen LogP contribution >= 0.6 is 0 Å². The Morgan fingerprint density at radius 3 is 1.37 bits per heavy atom. The number of aliphatic imine (C=N–C) groups is 2. The van der Waals surface area contributed by atoms with Crippen molar-refractivity contribution < 1.29 is 0 Å². The maximum Gasteiger partial charge on any atom is 0.0695 e. The summed E-state index contributed by atoms with van der Waals surface area (Å²) in [5.41, 5.74) is 22.2. The second-order valence-corrected chi connectivity index (χ2v) is 15.3. The number of allylic oxidation sites excluding steroid dienone is 1. The minimum atomic E-state index is 0.660. The van der Waals surface area contributed by atoms with Crippen molar-refractivity contribution in [2.75, 3.05) is 0 Å². The Balaban J connectivity index is 0.000000245. The average molecular weight is 807 g/mol. The van der Waals surface area contributed by atoms with Crippen molar-refractivity contribution in [2.45, 2.75) is 55.0 Å². The Bertz CT molecular complexity index is 2750. The molecule has 0 radical (unpaired) electrons. The molecule has 0 N–H and O–H groups in total. The SMILES string of the molecule is C=N/C=C(/C)C(=NCc1ccccc1)c1ccccc1.CC.Cc1ccc(-c2ccccc2)cc1-c1c(C)cc(-c2ccccc2)c(-c2cc(-c3ccccc3)ccc2C)c1C. The van der Waals surface area contributed by atoms with Crippen molar-refractivity contribution in [3.63, 3.8) is 0 Å². The molecule has 0 aliphatic heterocycles. The monoisotopic (exact) mass is 806 g/mol. The molecular formula is C60H58N2. The van der Waals surface area contributed by atoms with Gasteiger partial charge in [0.1, 0.15) is 0 Å². The van der Waals surface area contributed by atoms with Crippen LogP contribution in [-0.4, -0.2) is 12.4 Å². The summed E-state index contributed by atoms with van der Waals surface area (Å²) in [6.45, 7) is 19.2. The molecule has 0 bridgehead atoms. The standard InChI is InChI=1S/C40H34.C18H18N2.C2H6/c1-27-20-22-34(31-14-8-5-9-15-31)25-36(27)39-29(3)24-38(33-18-12-7-13-19-33)40(30(39)4)37-26-35(23-21-28(37)2)32-16-10-6-11-17-32;1-15(13-19-2)18(17-11-7-4-8-12-17)20-14-16-9-5-3-6-10-16;1-2/h5-26H,1-4H3;3-13H,2,14H2,1H3;1-2H3/b;15-13-,20-18?;. The Kier molecular flexibility index (Phi) is 15.7. The van der Waals surface area contributed by atoms with Gasteiger partial charge in [-0.25, -0.2) is 0 Å². The van der Waals surface area contributed by atoms with Gasteiger partial charge in [-0.2, -0.15) is 0 Å². The molecule has 308 valence electrons. The van der Waals surface area contributed by atoms with E-state index in [1.54, 1.807) is 6.20 Å². The zero-order valence-corrected chi connectivity index (χ0v) is 37.4. The van der Waals surface area contributed by atoms with Crippen molar-refractivity contribution in [1.29, 1.82) is 0 Å². The van der Waals surface area contributed by atoms with Crippen LogP contribution in [0, 0.1) is 27.7 Å². The lowest BCUT2D eigenvalue weighted by Gasteiger charge is -2.23. The molecule has 0 aliphatic rings. The molecule has 0 spiro atoms. The van der Waals surface area contributed by atoms with Crippen LogP contribution in [0.4, 0.5) is 0 Å². The van der Waals surface area contributed by atoms with E-state index < -0.39 is 0 Å². The molecule has 0 atom stereocenters. The van der Waals surface area contributed by atoms with Crippen LogP contribution in [0.25, 0.3) is 55.6 Å². The second-order valence-electron chi connectivity index (χ2n) is 15.3. The van der Waals surface area contributed by atoms with Crippen LogP contribution < -0.4 is 0 Å². The summed E-state index contributed by atoms with van der Waals surface area (Å²) in [5.74, 6) is 0. The van der Waals surface area contributed by atoms with Crippen molar-refractivity contribution in [2.24, 2.45) is 9.98 Å². The third-order valence-electron chi connectivity index (χ3n) is 11.1. The zero-order valence-electron chi connectivity index (χ0n) is 37.4. The molecule has 0 fully saturated rings. The van der Waals surface area contributed by atoms with E-state index in [4.69, 9.17) is 4.99 Å². The fraction of sp³-hybridized carbons (Fsp3) is 0.133. The van der Waals surface area contributed by atoms with Crippen LogP contribution in [0.15, 0.2) is 216 Å². The van der Waals surface area contributed by atoms with E-state index in [1.165, 1.54) is 83.5 Å². The number of hydrogen-bond donors (Lipinski definition) is 0. The van der Waals surface area contributed by atoms with E-state index in [0.717, 1.165) is 16.8 Å². The van der Waals surface area contributed by atoms with Gasteiger partial charge >= 0.3 is 0 Å². The lowest BCUT2D eigenvalue weighted by molar-refractivity contribution is 1.06. The molecule has 0 heterocycles. The topological polar surface area (TPSA) is 24.7 Å². The summed E-state index contributed by atoms with van der Waals surface area (Å²) < 4.78 is 0. The summed E-state index contributed by atoms with van der Waals surface area (Å²) in [7, 11) is 0. The highest BCUT2D eigenvalue weighted by Crippen LogP contribution is 2.45. The summed E-state index contributed by atoms with van der Waals surface area (Å²) in [6.07, 6.45) is 1.75. The van der Waals surface area contributed by atoms with Gasteiger partial charge in [-0.15, -0.1) is 0 Å². The molecule has 8 rings (SSSR count). The van der Waals surface area contributed by atoms with Crippen molar-refractivity contribution in [1.82, 2.24) is 0 Å². The quantitative estimate of drug-likeness (QED) is 0.123. The van der Waals surface area contributed by atoms with Crippen LogP contribution in [0.2, 0.25) is 0 Å². The average Bonchev–Trinajstić information content (AvgIpc) is 3.32. The van der Waals surface area contributed by atoms with E-state index in [2.05, 4.69) is 197 Å². The number of rotatable bonds is 10. The van der Waals surface area contributed by atoms with Crippen LogP contribution in [0.1, 0.15) is 54.2 Å². The van der Waals surface area contributed by atoms with Gasteiger partial charge in [-0.05, 0) is 148 Å². The highest BCUT2D eigenvalue weighted by molar-refractivity contribution is 6.12. The summed E-state index contributed by atoms with van der Waals surface area (Å²) in [6, 6.07) is 68.8. The van der Waals surface area contributed by atoms with E-state index in [1.807, 2.05) is 57.2 Å². The Hall–Kier alpha value is -7.16. The fourth-order valence-electron chi connectivity index (χ4n) is 7.99. The lowest BCUT2D eigenvalue weighted by Crippen LogP contribution is -2.03. The van der Waals surface area contributed by atoms with Crippen LogP contribution in [0.3, 0.4) is 0 Å². The van der Waals surface area contributed by atoms with Crippen molar-refractivity contribution in [3.05, 3.63) is 239 Å². The summed E-state index contributed by atoms with van der Waals surface area (Å²) in [4.78, 5) is 8.59. The van der Waals surface area contributed by atoms with Gasteiger partial charge in [0.25, 0.3) is 0 Å². The molecule has 8 aromatic rings. The first kappa shape index (κ1) is 44.4. The second kappa shape index (κ2) is 21.9. The molecule has 8 aromatic carbocycles. The first-order chi connectivity index (χ1) is 30.3. The van der Waals surface area contributed by atoms with Crippen LogP contribution in [0.5, 0.6) is 0 Å². The molecule has 0 saturated heterocycles. The molecular weight excluding hydrogens is 749 g/mol. The summed E-state index contributed by atoms with van der Waals surface area (Å²) >= 11 is 0. The Labute approximate surface area is 370 Å². The fourth-order valence-corrected chi connectivity index (χ4v) is 7.99. The molecule has 62 heavy (non-hydrogen) atoms. The molecule has 0 amide bonds. The normalized spacial score (nSPS) is 11.1. The molecule has 2 nitrogen and oxygen atoms in total. The molecule has 0 saturated carbocycles. The Morgan fingerprint density at radius 2 is 0.887 bits per heavy atom. The predicted molar refractivity (Wildman–Crippen MR) is 270 cm³/mol. The number of nitrogens with zero attached hydrogens (tertiary/aromatic N) is 2. The first-order valence-electron chi connectivity index (χ1n) is 21.6. The van der Waals surface area contributed by atoms with Crippen LogP contribution in [-0.2, 0) is 6.54 Å². The zero-order chi connectivity index (χ0) is 43.8. The van der Waals surface area contributed by atoms with Crippen molar-refractivity contribution in [3.8, 4) is 55.6 Å². The molecule has 0 aliphatic carbocycles. The third-order valence-corrected chi connectivity index (χ3v) is 11.1. The number of aryl methyl sites for hydroxylation is 3. The molecule has 2 heteroatoms. The van der Waals surface area contributed by atoms with E-state index >= 15 is 0 Å². The Morgan fingerprint density at radius 1 is 0.452 bits per heavy atom. The highest BCUT2D eigenvalue weighted by atomic mass is 14.7. The first-order valence-corrected chi connectivity index (χ1v) is 21.6. The lowest BCUT2D eigenvalue weighted by atomic mass is 9.81. The summed E-state index contributed by atoms with van der Waals surface area (Å²) in [5, 5.41) is 0. The number of hydrogen-bond acceptors (Lipinski definition) is 2. The smallest absolute Gasteiger partial charge is 0.0695 e. The predicted octanol–water partition coefficient (Wildman–Crippen LogP) is 16.6.